The quantitative estimate of drug-likeness (QED) is 0.323. The maximum absolute atomic E-state index is 11.3. The van der Waals surface area contributed by atoms with Gasteiger partial charge in [0.25, 0.3) is 0 Å². The number of Topliss-reactive ketones (excluding diaryl/α,β-unsaturated/α-hetero) is 2. The van der Waals surface area contributed by atoms with Gasteiger partial charge in [-0.05, 0) is 31.2 Å². The lowest BCUT2D eigenvalue weighted by Gasteiger charge is -1.98. The molecular weight excluding hydrogens is 245 g/mol. The monoisotopic (exact) mass is 258 g/mol. The molecule has 92 valence electrons. The minimum Gasteiger partial charge on any atom is -0.399 e. The van der Waals surface area contributed by atoms with E-state index in [0.717, 1.165) is 0 Å². The fourth-order valence-corrected chi connectivity index (χ4v) is 0.997. The third kappa shape index (κ3) is 8.21. The first-order valence-electron chi connectivity index (χ1n) is 4.56. The van der Waals surface area contributed by atoms with Crippen LogP contribution in [0.3, 0.4) is 0 Å². The Hall–Kier alpha value is -1.62. The molecule has 1 aromatic carbocycles. The van der Waals surface area contributed by atoms with E-state index in [0.29, 0.717) is 11.3 Å². The molecule has 1 rings (SSSR count). The fourth-order valence-electron chi connectivity index (χ4n) is 0.997. The number of hydrogen-bond acceptors (Lipinski definition) is 4. The summed E-state index contributed by atoms with van der Waals surface area (Å²) in [6, 6.07) is 6.54. The molecule has 0 aromatic heterocycles. The van der Waals surface area contributed by atoms with E-state index in [1.54, 1.807) is 24.3 Å². The van der Waals surface area contributed by atoms with Crippen LogP contribution >= 0.6 is 8.25 Å². The molecule has 17 heavy (non-hydrogen) atoms. The Morgan fingerprint density at radius 1 is 1.24 bits per heavy atom. The molecule has 0 atom stereocenters. The highest BCUT2D eigenvalue weighted by molar-refractivity contribution is 7.30. The molecule has 4 N–H and O–H groups in total. The summed E-state index contributed by atoms with van der Waals surface area (Å²) in [5.74, 6) is -0.283. The van der Waals surface area contributed by atoms with Crippen molar-refractivity contribution in [3.63, 3.8) is 0 Å². The Balaban J connectivity index is 0.000000557. The second kappa shape index (κ2) is 7.62. The third-order valence-corrected chi connectivity index (χ3v) is 1.64. The predicted molar refractivity (Wildman–Crippen MR) is 62.5 cm³/mol. The van der Waals surface area contributed by atoms with E-state index in [2.05, 4.69) is 0 Å². The number of ketones is 2. The van der Waals surface area contributed by atoms with Gasteiger partial charge in [-0.3, -0.25) is 9.59 Å². The molecule has 0 bridgehead atoms. The minimum absolute atomic E-state index is 0.0378. The van der Waals surface area contributed by atoms with Crippen molar-refractivity contribution in [2.45, 2.75) is 13.3 Å². The Kier molecular flexibility index (Phi) is 6.89. The van der Waals surface area contributed by atoms with Gasteiger partial charge in [0.05, 0.1) is 6.42 Å². The van der Waals surface area contributed by atoms with Crippen LogP contribution in [0.5, 0.6) is 0 Å². The van der Waals surface area contributed by atoms with Crippen molar-refractivity contribution < 1.29 is 23.9 Å². The van der Waals surface area contributed by atoms with Crippen molar-refractivity contribution in [1.82, 2.24) is 0 Å². The summed E-state index contributed by atoms with van der Waals surface area (Å²) in [6.07, 6.45) is -0.0378. The summed E-state index contributed by atoms with van der Waals surface area (Å²) < 4.78 is 8.70. The second-order valence-corrected chi connectivity index (χ2v) is 3.68. The first-order valence-corrected chi connectivity index (χ1v) is 5.72. The summed E-state index contributed by atoms with van der Waals surface area (Å²) >= 11 is 0. The van der Waals surface area contributed by atoms with Crippen LogP contribution in [0, 0.1) is 0 Å². The van der Waals surface area contributed by atoms with Gasteiger partial charge in [-0.2, -0.15) is 0 Å². The highest BCUT2D eigenvalue weighted by Gasteiger charge is 2.07. The molecule has 0 amide bonds. The third-order valence-electron chi connectivity index (χ3n) is 1.64. The van der Waals surface area contributed by atoms with E-state index >= 15 is 0 Å². The van der Waals surface area contributed by atoms with Crippen LogP contribution in [-0.2, 0) is 9.36 Å². The van der Waals surface area contributed by atoms with Crippen molar-refractivity contribution in [2.75, 3.05) is 5.73 Å². The van der Waals surface area contributed by atoms with E-state index in [1.807, 2.05) is 0 Å². The minimum atomic E-state index is -2.87. The predicted octanol–water partition coefficient (Wildman–Crippen LogP) is 1.06. The van der Waals surface area contributed by atoms with E-state index < -0.39 is 8.25 Å². The van der Waals surface area contributed by atoms with Gasteiger partial charge in [0, 0.05) is 15.8 Å². The number of rotatable bonds is 3. The van der Waals surface area contributed by atoms with Gasteiger partial charge < -0.3 is 5.73 Å². The molecule has 0 saturated heterocycles. The number of anilines is 1. The number of nitrogens with two attached hydrogens (primary N) is 1. The maximum atomic E-state index is 11.3. The van der Waals surface area contributed by atoms with Crippen molar-refractivity contribution in [3.8, 4) is 0 Å². The number of carbonyl (C=O) groups excluding carboxylic acids is 2. The normalized spacial score (nSPS) is 8.88. The molecule has 6 nitrogen and oxygen atoms in total. The van der Waals surface area contributed by atoms with Crippen LogP contribution < -0.4 is 5.73 Å². The summed E-state index contributed by atoms with van der Waals surface area (Å²) in [5.41, 5.74) is 6.59. The molecule has 0 unspecified atom stereocenters. The van der Waals surface area contributed by atoms with Gasteiger partial charge in [-0.1, -0.05) is 0 Å². The second-order valence-electron chi connectivity index (χ2n) is 3.18. The summed E-state index contributed by atoms with van der Waals surface area (Å²) in [6.45, 7) is 1.40. The first-order chi connectivity index (χ1) is 7.82. The molecule has 1 aromatic rings. The van der Waals surface area contributed by atoms with Gasteiger partial charge in [-0.25, -0.2) is 0 Å². The first kappa shape index (κ1) is 15.4. The van der Waals surface area contributed by atoms with Crippen LogP contribution in [-0.4, -0.2) is 21.4 Å². The summed E-state index contributed by atoms with van der Waals surface area (Å²) in [4.78, 5) is 36.2. The maximum Gasteiger partial charge on any atom is 0.692 e. The van der Waals surface area contributed by atoms with Crippen molar-refractivity contribution in [1.29, 1.82) is 0 Å². The van der Waals surface area contributed by atoms with E-state index in [9.17, 15) is 9.59 Å². The zero-order valence-electron chi connectivity index (χ0n) is 9.16. The Bertz CT molecular complexity index is 411. The number of benzene rings is 1. The number of carbonyl (C=O) groups is 2. The van der Waals surface area contributed by atoms with Gasteiger partial charge in [0.2, 0.25) is 0 Å². The molecule has 7 heteroatoms. The SMILES string of the molecule is CC(=O)CC(=O)c1ccc(N)cc1.O=[P+](O)O. The summed E-state index contributed by atoms with van der Waals surface area (Å²) in [5, 5.41) is 0. The Morgan fingerprint density at radius 3 is 2.00 bits per heavy atom. The van der Waals surface area contributed by atoms with Crippen molar-refractivity contribution in [3.05, 3.63) is 29.8 Å². The molecule has 0 fully saturated rings. The van der Waals surface area contributed by atoms with Crippen molar-refractivity contribution >= 4 is 25.5 Å². The largest absolute Gasteiger partial charge is 0.692 e. The van der Waals surface area contributed by atoms with E-state index in [1.165, 1.54) is 6.92 Å². The molecule has 0 aliphatic rings. The fraction of sp³-hybridized carbons (Fsp3) is 0.200. The highest BCUT2D eigenvalue weighted by Crippen LogP contribution is 2.07. The molecule has 0 spiro atoms. The van der Waals surface area contributed by atoms with Crippen LogP contribution in [0.4, 0.5) is 5.69 Å². The lowest BCUT2D eigenvalue weighted by atomic mass is 10.1. The van der Waals surface area contributed by atoms with Gasteiger partial charge in [0.15, 0.2) is 5.78 Å². The zero-order valence-corrected chi connectivity index (χ0v) is 10.1. The van der Waals surface area contributed by atoms with Crippen LogP contribution in [0.25, 0.3) is 0 Å². The van der Waals surface area contributed by atoms with Crippen molar-refractivity contribution in [2.24, 2.45) is 0 Å². The average molecular weight is 258 g/mol. The zero-order chi connectivity index (χ0) is 13.4. The van der Waals surface area contributed by atoms with Crippen LogP contribution in [0.2, 0.25) is 0 Å². The highest BCUT2D eigenvalue weighted by atomic mass is 31.1. The molecule has 0 radical (unpaired) electrons. The Labute approximate surface area is 99.0 Å². The smallest absolute Gasteiger partial charge is 0.399 e. The summed E-state index contributed by atoms with van der Waals surface area (Å²) in [7, 11) is -2.87. The van der Waals surface area contributed by atoms with Gasteiger partial charge in [-0.15, -0.1) is 9.79 Å². The topological polar surface area (TPSA) is 118 Å². The molecule has 0 saturated carbocycles. The lowest BCUT2D eigenvalue weighted by molar-refractivity contribution is -0.116. The van der Waals surface area contributed by atoms with E-state index in [-0.39, 0.29) is 18.0 Å². The number of nitrogen functional groups attached to an aromatic ring is 1. The van der Waals surface area contributed by atoms with E-state index in [4.69, 9.17) is 20.1 Å². The average Bonchev–Trinajstić information content (AvgIpc) is 2.16. The van der Waals surface area contributed by atoms with Crippen LogP contribution in [0.1, 0.15) is 23.7 Å². The van der Waals surface area contributed by atoms with Crippen LogP contribution in [0.15, 0.2) is 24.3 Å². The molecule has 0 aliphatic heterocycles. The standard InChI is InChI=1S/C10H11NO2.HO3P/c1-7(12)6-10(13)8-2-4-9(11)5-3-8;1-4(2)3/h2-5H,6,11H2,1H3;(H-,1,2,3)/p+1. The van der Waals surface area contributed by atoms with Gasteiger partial charge >= 0.3 is 8.25 Å². The molecule has 0 heterocycles. The Morgan fingerprint density at radius 2 is 1.65 bits per heavy atom. The molecular formula is C10H13NO5P+. The molecule has 0 aliphatic carbocycles. The van der Waals surface area contributed by atoms with Gasteiger partial charge in [0.1, 0.15) is 5.78 Å². The number of hydrogen-bond donors (Lipinski definition) is 3. The lowest BCUT2D eigenvalue weighted by Crippen LogP contribution is -2.04.